The van der Waals surface area contributed by atoms with E-state index in [1.165, 1.54) is 6.92 Å². The highest BCUT2D eigenvalue weighted by Gasteiger charge is 2.52. The number of esters is 2. The maximum absolute atomic E-state index is 14.7. The molecule has 4 heterocycles. The molecule has 3 unspecified atom stereocenters. The number of nitrogens with one attached hydrogen (secondary N) is 1. The Morgan fingerprint density at radius 3 is 2.36 bits per heavy atom. The third-order valence-corrected chi connectivity index (χ3v) is 12.5. The van der Waals surface area contributed by atoms with E-state index in [4.69, 9.17) is 29.4 Å². The second-order valence-electron chi connectivity index (χ2n) is 17.6. The van der Waals surface area contributed by atoms with Gasteiger partial charge >= 0.3 is 11.9 Å². The van der Waals surface area contributed by atoms with Gasteiger partial charge in [-0.2, -0.15) is 0 Å². The number of aryl methyl sites for hydroxylation is 1. The highest BCUT2D eigenvalue weighted by atomic mass is 16.7. The lowest BCUT2D eigenvalue weighted by molar-refractivity contribution is -0.297. The van der Waals surface area contributed by atoms with Crippen molar-refractivity contribution in [3.8, 4) is 11.3 Å². The number of Topliss-reactive ketones (excluding diaryl/α,β-unsaturated/α-hetero) is 1. The quantitative estimate of drug-likeness (QED) is 0.189. The Morgan fingerprint density at radius 1 is 1.07 bits per heavy atom. The molecule has 2 aromatic heterocycles. The number of aromatic nitrogens is 4. The molecular weight excluding hydrogens is 759 g/mol. The predicted octanol–water partition coefficient (Wildman–Crippen LogP) is 4.43. The summed E-state index contributed by atoms with van der Waals surface area (Å²) in [5.74, 6) is -2.98. The average molecular weight is 830 g/mol. The van der Waals surface area contributed by atoms with Gasteiger partial charge in [0.1, 0.15) is 18.0 Å². The number of hydrogen-bond acceptors (Lipinski definition) is 15. The SMILES string of the molecule is CC[C@H]1OC(=O)[C@H](C)C[C@H](C)C(OC2O[C@H](C)C[C@H](N(C)C)[C@H]2O)[C@](C)(OC)C[C@@H](C)C(=O)[C@H](C)C(NCCCCn2cnc(-c3cnc(N)nc3)c2)[C@]1(C)OC(C)=O. The van der Waals surface area contributed by atoms with Crippen molar-refractivity contribution in [1.29, 1.82) is 0 Å². The van der Waals surface area contributed by atoms with Gasteiger partial charge in [-0.3, -0.25) is 14.4 Å². The molecule has 2 aliphatic heterocycles. The van der Waals surface area contributed by atoms with Crippen LogP contribution in [-0.2, 0) is 44.6 Å². The number of ketones is 1. The number of unbranched alkanes of at least 4 members (excludes halogenated alkanes) is 1. The molecule has 0 bridgehead atoms. The number of anilines is 1. The number of carbonyl (C=O) groups excluding carboxylic acids is 3. The maximum Gasteiger partial charge on any atom is 0.309 e. The van der Waals surface area contributed by atoms with E-state index in [0.717, 1.165) is 24.1 Å². The molecule has 2 aromatic rings. The zero-order chi connectivity index (χ0) is 43.8. The van der Waals surface area contributed by atoms with E-state index in [-0.39, 0.29) is 36.2 Å². The fraction of sp³-hybridized carbons (Fsp3) is 0.767. The van der Waals surface area contributed by atoms with Crippen molar-refractivity contribution in [3.63, 3.8) is 0 Å². The number of likely N-dealkylation sites (N-methyl/N-ethyl adjacent to an activating group) is 1. The van der Waals surface area contributed by atoms with Crippen LogP contribution in [-0.4, -0.2) is 129 Å². The van der Waals surface area contributed by atoms with Crippen LogP contribution in [0.4, 0.5) is 5.95 Å². The van der Waals surface area contributed by atoms with Crippen molar-refractivity contribution in [3.05, 3.63) is 24.9 Å². The molecule has 2 aliphatic rings. The molecular formula is C43H71N7O9. The van der Waals surface area contributed by atoms with Crippen LogP contribution < -0.4 is 11.1 Å². The molecule has 16 nitrogen and oxygen atoms in total. The molecule has 2 saturated heterocycles. The number of nitrogen functional groups attached to an aromatic ring is 1. The van der Waals surface area contributed by atoms with Crippen LogP contribution in [0.5, 0.6) is 0 Å². The van der Waals surface area contributed by atoms with E-state index in [1.807, 2.05) is 78.2 Å². The van der Waals surface area contributed by atoms with Crippen molar-refractivity contribution in [2.45, 2.75) is 161 Å². The lowest BCUT2D eigenvalue weighted by Gasteiger charge is -2.48. The number of nitrogens with two attached hydrogens (primary N) is 1. The topological polar surface area (TPSA) is 202 Å². The second kappa shape index (κ2) is 20.8. The molecule has 0 spiro atoms. The Kier molecular flexibility index (Phi) is 17.0. The van der Waals surface area contributed by atoms with Crippen LogP contribution >= 0.6 is 0 Å². The van der Waals surface area contributed by atoms with Gasteiger partial charge in [0, 0.05) is 62.6 Å². The van der Waals surface area contributed by atoms with Crippen LogP contribution in [0.25, 0.3) is 11.3 Å². The highest BCUT2D eigenvalue weighted by Crippen LogP contribution is 2.40. The normalized spacial score (nSPS) is 35.3. The maximum atomic E-state index is 14.7. The first kappa shape index (κ1) is 48.1. The van der Waals surface area contributed by atoms with Gasteiger partial charge in [0.15, 0.2) is 11.9 Å². The molecule has 59 heavy (non-hydrogen) atoms. The Balaban J connectivity index is 1.62. The van der Waals surface area contributed by atoms with Crippen LogP contribution in [0.3, 0.4) is 0 Å². The molecule has 0 amide bonds. The summed E-state index contributed by atoms with van der Waals surface area (Å²) in [4.78, 5) is 56.2. The van der Waals surface area contributed by atoms with Gasteiger partial charge in [0.25, 0.3) is 0 Å². The molecule has 332 valence electrons. The predicted molar refractivity (Wildman–Crippen MR) is 223 cm³/mol. The minimum atomic E-state index is -1.40. The summed E-state index contributed by atoms with van der Waals surface area (Å²) >= 11 is 0. The molecule has 2 fully saturated rings. The number of cyclic esters (lactones) is 1. The zero-order valence-electron chi connectivity index (χ0n) is 37.3. The van der Waals surface area contributed by atoms with Crippen LogP contribution in [0.2, 0.25) is 0 Å². The molecule has 4 N–H and O–H groups in total. The Morgan fingerprint density at radius 2 is 1.75 bits per heavy atom. The van der Waals surface area contributed by atoms with E-state index in [9.17, 15) is 19.5 Å². The number of imidazole rings is 1. The first-order valence-electron chi connectivity index (χ1n) is 21.2. The fourth-order valence-electron chi connectivity index (χ4n) is 9.25. The van der Waals surface area contributed by atoms with Crippen molar-refractivity contribution >= 4 is 23.7 Å². The summed E-state index contributed by atoms with van der Waals surface area (Å²) in [5.41, 5.74) is 4.70. The highest BCUT2D eigenvalue weighted by molar-refractivity contribution is 5.84. The summed E-state index contributed by atoms with van der Waals surface area (Å²) in [6.07, 6.45) is 6.43. The summed E-state index contributed by atoms with van der Waals surface area (Å²) in [6, 6.07) is -0.920. The number of nitrogens with zero attached hydrogens (tertiary/aromatic N) is 5. The average Bonchev–Trinajstić information content (AvgIpc) is 3.65. The van der Waals surface area contributed by atoms with Crippen LogP contribution in [0.1, 0.15) is 101 Å². The number of hydrogen-bond donors (Lipinski definition) is 3. The molecule has 0 aliphatic carbocycles. The van der Waals surface area contributed by atoms with Crippen molar-refractivity contribution in [1.82, 2.24) is 29.7 Å². The molecule has 0 aromatic carbocycles. The largest absolute Gasteiger partial charge is 0.458 e. The van der Waals surface area contributed by atoms with Crippen molar-refractivity contribution in [2.24, 2.45) is 23.7 Å². The van der Waals surface area contributed by atoms with E-state index in [1.54, 1.807) is 32.8 Å². The lowest BCUT2D eigenvalue weighted by Crippen LogP contribution is -2.63. The summed E-state index contributed by atoms with van der Waals surface area (Å²) in [5, 5.41) is 15.1. The minimum absolute atomic E-state index is 0.0741. The summed E-state index contributed by atoms with van der Waals surface area (Å²) in [6.45, 7) is 17.5. The number of methoxy groups -OCH3 is 1. The van der Waals surface area contributed by atoms with Gasteiger partial charge in [-0.25, -0.2) is 15.0 Å². The van der Waals surface area contributed by atoms with Gasteiger partial charge in [0.2, 0.25) is 5.95 Å². The first-order chi connectivity index (χ1) is 27.7. The molecule has 13 atom stereocenters. The molecule has 4 rings (SSSR count). The van der Waals surface area contributed by atoms with Gasteiger partial charge in [-0.05, 0) is 85.9 Å². The lowest BCUT2D eigenvalue weighted by atomic mass is 9.73. The van der Waals surface area contributed by atoms with E-state index in [0.29, 0.717) is 32.4 Å². The third kappa shape index (κ3) is 11.9. The number of aliphatic hydroxyl groups is 1. The second-order valence-corrected chi connectivity index (χ2v) is 17.6. The van der Waals surface area contributed by atoms with E-state index >= 15 is 0 Å². The van der Waals surface area contributed by atoms with Crippen LogP contribution in [0.15, 0.2) is 24.9 Å². The Bertz CT molecular complexity index is 1680. The number of ether oxygens (including phenoxy) is 5. The van der Waals surface area contributed by atoms with Gasteiger partial charge in [-0.1, -0.05) is 34.6 Å². The molecule has 16 heteroatoms. The smallest absolute Gasteiger partial charge is 0.309 e. The Labute approximate surface area is 350 Å². The van der Waals surface area contributed by atoms with Crippen molar-refractivity contribution < 1.29 is 43.2 Å². The first-order valence-corrected chi connectivity index (χ1v) is 21.2. The molecule has 0 radical (unpaired) electrons. The van der Waals surface area contributed by atoms with E-state index in [2.05, 4.69) is 20.3 Å². The fourth-order valence-corrected chi connectivity index (χ4v) is 9.25. The van der Waals surface area contributed by atoms with Crippen molar-refractivity contribution in [2.75, 3.05) is 33.5 Å². The van der Waals surface area contributed by atoms with Crippen LogP contribution in [0, 0.1) is 23.7 Å². The Hall–Kier alpha value is -3.54. The van der Waals surface area contributed by atoms with Gasteiger partial charge in [0.05, 0.1) is 41.8 Å². The number of rotatable bonds is 13. The monoisotopic (exact) mass is 830 g/mol. The standard InChI is InChI=1S/C43H71N7O9/c1-13-34-43(9,59-30(7)51)37(45-16-14-15-17-50-23-32(48-24-50)31-21-46-41(44)47-22-31)29(6)35(52)27(4)20-42(8,55-12)38(25(2)18-26(3)39(54)57-34)58-40-36(53)33(49(10)11)19-28(5)56-40/h21-29,33-34,36-38,40,45,53H,13-20H2,1-12H3,(H2,44,46,47)/t25-,26+,27+,28+,29-,33-,34+,36+,37?,38?,40?,42+,43+/m0/s1. The van der Waals surface area contributed by atoms with E-state index < -0.39 is 71.5 Å². The minimum Gasteiger partial charge on any atom is -0.458 e. The summed E-state index contributed by atoms with van der Waals surface area (Å²) < 4.78 is 33.7. The number of aliphatic hydroxyl groups excluding tert-OH is 1. The van der Waals surface area contributed by atoms with Gasteiger partial charge in [-0.15, -0.1) is 0 Å². The van der Waals surface area contributed by atoms with Gasteiger partial charge < -0.3 is 49.3 Å². The summed E-state index contributed by atoms with van der Waals surface area (Å²) in [7, 11) is 5.44. The third-order valence-electron chi connectivity index (χ3n) is 12.5. The zero-order valence-corrected chi connectivity index (χ0v) is 37.3. The number of carbonyl (C=O) groups is 3. The molecule has 0 saturated carbocycles.